The monoisotopic (exact) mass is 360 g/mol. The maximum Gasteiger partial charge on any atom is 0.132 e. The summed E-state index contributed by atoms with van der Waals surface area (Å²) >= 11 is 4.53. The molecule has 0 unspecified atom stereocenters. The summed E-state index contributed by atoms with van der Waals surface area (Å²) in [5.74, 6) is 0.945. The molecule has 3 heteroatoms. The molecule has 0 aromatic heterocycles. The maximum absolute atomic E-state index is 5.09. The molecule has 0 saturated heterocycles. The summed E-state index contributed by atoms with van der Waals surface area (Å²) in [6, 6.07) is 6.09. The van der Waals surface area contributed by atoms with E-state index in [9.17, 15) is 0 Å². The van der Waals surface area contributed by atoms with E-state index in [2.05, 4.69) is 51.2 Å². The van der Waals surface area contributed by atoms with Crippen LogP contribution in [0.1, 0.15) is 0 Å². The second-order valence-corrected chi connectivity index (χ2v) is 4.19. The molecule has 10 heavy (non-hydrogen) atoms. The highest BCUT2D eigenvalue weighted by atomic mass is 127. The van der Waals surface area contributed by atoms with Crippen molar-refractivity contribution in [2.75, 3.05) is 7.11 Å². The van der Waals surface area contributed by atoms with Gasteiger partial charge in [0.2, 0.25) is 0 Å². The highest BCUT2D eigenvalue weighted by Crippen LogP contribution is 2.21. The lowest BCUT2D eigenvalue weighted by molar-refractivity contribution is 0.411. The van der Waals surface area contributed by atoms with Gasteiger partial charge in [-0.15, -0.1) is 0 Å². The van der Waals surface area contributed by atoms with Crippen molar-refractivity contribution in [1.82, 2.24) is 0 Å². The van der Waals surface area contributed by atoms with Crippen LogP contribution >= 0.6 is 45.2 Å². The number of rotatable bonds is 1. The molecule has 1 aromatic rings. The summed E-state index contributed by atoms with van der Waals surface area (Å²) in [4.78, 5) is 0. The van der Waals surface area contributed by atoms with Crippen molar-refractivity contribution in [2.24, 2.45) is 0 Å². The minimum absolute atomic E-state index is 0.945. The zero-order valence-electron chi connectivity index (χ0n) is 5.40. The Morgan fingerprint density at radius 2 is 2.00 bits per heavy atom. The predicted octanol–water partition coefficient (Wildman–Crippen LogP) is 2.90. The van der Waals surface area contributed by atoms with Crippen LogP contribution in [0, 0.1) is 7.14 Å². The summed E-state index contributed by atoms with van der Waals surface area (Å²) < 4.78 is 7.49. The predicted molar refractivity (Wildman–Crippen MR) is 58.4 cm³/mol. The molecule has 0 aliphatic rings. The van der Waals surface area contributed by atoms with Gasteiger partial charge in [-0.05, 0) is 63.4 Å². The van der Waals surface area contributed by atoms with E-state index >= 15 is 0 Å². The lowest BCUT2D eigenvalue weighted by Gasteiger charge is -2.01. The number of ether oxygens (including phenoxy) is 1. The molecule has 1 rings (SSSR count). The van der Waals surface area contributed by atoms with E-state index in [1.807, 2.05) is 12.1 Å². The standard InChI is InChI=1S/C7H6I2O/c1-10-7-3-2-5(8)4-6(7)9/h2-4H,1H3. The molecule has 0 spiro atoms. The summed E-state index contributed by atoms with van der Waals surface area (Å²) in [6.07, 6.45) is 0. The fraction of sp³-hybridized carbons (Fsp3) is 0.143. The first-order valence-electron chi connectivity index (χ1n) is 2.73. The van der Waals surface area contributed by atoms with E-state index in [0.29, 0.717) is 0 Å². The third-order valence-corrected chi connectivity index (χ3v) is 2.63. The Morgan fingerprint density at radius 3 is 2.50 bits per heavy atom. The molecule has 0 aliphatic carbocycles. The molecule has 0 amide bonds. The van der Waals surface area contributed by atoms with Gasteiger partial charge in [-0.2, -0.15) is 0 Å². The lowest BCUT2D eigenvalue weighted by atomic mass is 10.3. The van der Waals surface area contributed by atoms with Crippen molar-refractivity contribution in [3.05, 3.63) is 25.3 Å². The molecule has 0 N–H and O–H groups in total. The van der Waals surface area contributed by atoms with E-state index in [4.69, 9.17) is 4.74 Å². The molecule has 0 heterocycles. The van der Waals surface area contributed by atoms with Crippen LogP contribution < -0.4 is 4.74 Å². The average Bonchev–Trinajstić information content (AvgIpc) is 1.88. The van der Waals surface area contributed by atoms with Gasteiger partial charge >= 0.3 is 0 Å². The van der Waals surface area contributed by atoms with Crippen molar-refractivity contribution in [2.45, 2.75) is 0 Å². The number of halogens is 2. The summed E-state index contributed by atoms with van der Waals surface area (Å²) in [7, 11) is 1.68. The molecule has 0 radical (unpaired) electrons. The van der Waals surface area contributed by atoms with Gasteiger partial charge in [0.15, 0.2) is 0 Å². The second kappa shape index (κ2) is 3.75. The maximum atomic E-state index is 5.09. The Kier molecular flexibility index (Phi) is 3.22. The molecule has 0 saturated carbocycles. The fourth-order valence-electron chi connectivity index (χ4n) is 0.641. The van der Waals surface area contributed by atoms with Gasteiger partial charge in [-0.1, -0.05) is 0 Å². The van der Waals surface area contributed by atoms with Gasteiger partial charge in [-0.25, -0.2) is 0 Å². The molecule has 1 aromatic carbocycles. The molecule has 0 aliphatic heterocycles. The molecule has 0 atom stereocenters. The van der Waals surface area contributed by atoms with Gasteiger partial charge in [0.05, 0.1) is 10.7 Å². The Bertz CT molecular complexity index is 235. The van der Waals surface area contributed by atoms with Crippen molar-refractivity contribution >= 4 is 45.2 Å². The Hall–Kier alpha value is 0.480. The molecule has 0 bridgehead atoms. The second-order valence-electron chi connectivity index (χ2n) is 1.78. The van der Waals surface area contributed by atoms with Crippen molar-refractivity contribution in [3.63, 3.8) is 0 Å². The highest BCUT2D eigenvalue weighted by Gasteiger charge is 1.97. The average molecular weight is 360 g/mol. The third kappa shape index (κ3) is 1.98. The highest BCUT2D eigenvalue weighted by molar-refractivity contribution is 14.1. The van der Waals surface area contributed by atoms with Crippen molar-refractivity contribution < 1.29 is 4.74 Å². The zero-order chi connectivity index (χ0) is 7.56. The van der Waals surface area contributed by atoms with Crippen molar-refractivity contribution in [1.29, 1.82) is 0 Å². The molecular weight excluding hydrogens is 354 g/mol. The van der Waals surface area contributed by atoms with Gasteiger partial charge in [0.25, 0.3) is 0 Å². The van der Waals surface area contributed by atoms with Gasteiger partial charge in [0.1, 0.15) is 5.75 Å². The number of methoxy groups -OCH3 is 1. The van der Waals surface area contributed by atoms with Gasteiger partial charge < -0.3 is 4.74 Å². The van der Waals surface area contributed by atoms with Crippen LogP contribution in [-0.2, 0) is 0 Å². The third-order valence-electron chi connectivity index (χ3n) is 1.11. The minimum Gasteiger partial charge on any atom is -0.496 e. The van der Waals surface area contributed by atoms with Crippen LogP contribution in [0.25, 0.3) is 0 Å². The zero-order valence-corrected chi connectivity index (χ0v) is 9.71. The lowest BCUT2D eigenvalue weighted by Crippen LogP contribution is -1.86. The van der Waals surface area contributed by atoms with Crippen molar-refractivity contribution in [3.8, 4) is 5.75 Å². The van der Waals surface area contributed by atoms with Gasteiger partial charge in [0, 0.05) is 3.57 Å². The van der Waals surface area contributed by atoms with Crippen LogP contribution in [0.3, 0.4) is 0 Å². The first-order valence-corrected chi connectivity index (χ1v) is 4.89. The van der Waals surface area contributed by atoms with Crippen LogP contribution in [0.4, 0.5) is 0 Å². The number of hydrogen-bond donors (Lipinski definition) is 0. The normalized spacial score (nSPS) is 9.50. The van der Waals surface area contributed by atoms with E-state index < -0.39 is 0 Å². The van der Waals surface area contributed by atoms with E-state index in [-0.39, 0.29) is 0 Å². The first-order chi connectivity index (χ1) is 4.74. The van der Waals surface area contributed by atoms with E-state index in [0.717, 1.165) is 9.32 Å². The van der Waals surface area contributed by atoms with Crippen LogP contribution in [0.2, 0.25) is 0 Å². The molecule has 1 nitrogen and oxygen atoms in total. The fourth-order valence-corrected chi connectivity index (χ4v) is 2.46. The van der Waals surface area contributed by atoms with E-state index in [1.54, 1.807) is 7.11 Å². The van der Waals surface area contributed by atoms with Gasteiger partial charge in [-0.3, -0.25) is 0 Å². The molecule has 0 fully saturated rings. The van der Waals surface area contributed by atoms with Crippen LogP contribution in [0.5, 0.6) is 5.75 Å². The number of hydrogen-bond acceptors (Lipinski definition) is 1. The smallest absolute Gasteiger partial charge is 0.132 e. The summed E-state index contributed by atoms with van der Waals surface area (Å²) in [6.45, 7) is 0. The summed E-state index contributed by atoms with van der Waals surface area (Å²) in [5.41, 5.74) is 0. The van der Waals surface area contributed by atoms with Crippen LogP contribution in [-0.4, -0.2) is 7.11 Å². The van der Waals surface area contributed by atoms with Crippen LogP contribution in [0.15, 0.2) is 18.2 Å². The SMILES string of the molecule is COc1ccc(I)cc1I. The summed E-state index contributed by atoms with van der Waals surface area (Å²) in [5, 5.41) is 0. The first kappa shape index (κ1) is 8.58. The Balaban J connectivity index is 3.07. The Morgan fingerprint density at radius 1 is 1.30 bits per heavy atom. The molecular formula is C7H6I2O. The topological polar surface area (TPSA) is 9.23 Å². The molecule has 54 valence electrons. The quantitative estimate of drug-likeness (QED) is 0.700. The minimum atomic E-state index is 0.945. The largest absolute Gasteiger partial charge is 0.496 e. The Labute approximate surface area is 87.4 Å². The number of benzene rings is 1. The van der Waals surface area contributed by atoms with E-state index in [1.165, 1.54) is 3.57 Å².